The first-order chi connectivity index (χ1) is 10.0. The van der Waals surface area contributed by atoms with Gasteiger partial charge in [0.2, 0.25) is 5.91 Å². The lowest BCUT2D eigenvalue weighted by Gasteiger charge is -2.27. The van der Waals surface area contributed by atoms with E-state index in [4.69, 9.17) is 4.74 Å². The summed E-state index contributed by atoms with van der Waals surface area (Å²) < 4.78 is 5.21. The first-order valence-corrected chi connectivity index (χ1v) is 7.65. The van der Waals surface area contributed by atoms with Gasteiger partial charge in [-0.05, 0) is 17.4 Å². The monoisotopic (exact) mass is 290 g/mol. The minimum absolute atomic E-state index is 0.0367. The molecule has 1 heterocycles. The van der Waals surface area contributed by atoms with Crippen LogP contribution >= 0.6 is 0 Å². The van der Waals surface area contributed by atoms with Crippen LogP contribution in [0.1, 0.15) is 32.5 Å². The second-order valence-electron chi connectivity index (χ2n) is 6.25. The number of hydrogen-bond acceptors (Lipinski definition) is 3. The molecule has 0 spiro atoms. The van der Waals surface area contributed by atoms with Crippen molar-refractivity contribution in [3.8, 4) is 0 Å². The number of carbonyl (C=O) groups is 1. The Morgan fingerprint density at radius 1 is 1.24 bits per heavy atom. The smallest absolute Gasteiger partial charge is 0.241 e. The fourth-order valence-electron chi connectivity index (χ4n) is 2.89. The zero-order valence-electron chi connectivity index (χ0n) is 13.4. The molecule has 0 aromatic heterocycles. The van der Waals surface area contributed by atoms with Crippen LogP contribution in [-0.4, -0.2) is 37.1 Å². The maximum Gasteiger partial charge on any atom is 0.241 e. The van der Waals surface area contributed by atoms with Crippen molar-refractivity contribution in [1.29, 1.82) is 0 Å². The zero-order chi connectivity index (χ0) is 15.4. The molecule has 1 aliphatic rings. The SMILES string of the molecule is COCC(C)CN1C(=O)C(C(C)C)NC1c1ccccc1. The largest absolute Gasteiger partial charge is 0.384 e. The van der Waals surface area contributed by atoms with Crippen LogP contribution in [0.2, 0.25) is 0 Å². The van der Waals surface area contributed by atoms with Crippen LogP contribution in [0.5, 0.6) is 0 Å². The van der Waals surface area contributed by atoms with Crippen LogP contribution in [0.3, 0.4) is 0 Å². The molecule has 1 amide bonds. The zero-order valence-corrected chi connectivity index (χ0v) is 13.4. The third-order valence-electron chi connectivity index (χ3n) is 3.94. The van der Waals surface area contributed by atoms with Crippen molar-refractivity contribution in [2.24, 2.45) is 11.8 Å². The predicted octanol–water partition coefficient (Wildman–Crippen LogP) is 2.42. The normalized spacial score (nSPS) is 23.9. The van der Waals surface area contributed by atoms with Crippen molar-refractivity contribution in [3.63, 3.8) is 0 Å². The first-order valence-electron chi connectivity index (χ1n) is 7.65. The van der Waals surface area contributed by atoms with Gasteiger partial charge < -0.3 is 9.64 Å². The molecule has 3 unspecified atom stereocenters. The number of carbonyl (C=O) groups excluding carboxylic acids is 1. The second kappa shape index (κ2) is 7.05. The molecular formula is C17H26N2O2. The molecular weight excluding hydrogens is 264 g/mol. The van der Waals surface area contributed by atoms with E-state index in [1.165, 1.54) is 0 Å². The molecule has 2 rings (SSSR count). The van der Waals surface area contributed by atoms with E-state index in [0.29, 0.717) is 19.1 Å². The fraction of sp³-hybridized carbons (Fsp3) is 0.588. The van der Waals surface area contributed by atoms with E-state index in [0.717, 1.165) is 5.56 Å². The fourth-order valence-corrected chi connectivity index (χ4v) is 2.89. The highest BCUT2D eigenvalue weighted by Crippen LogP contribution is 2.28. The lowest BCUT2D eigenvalue weighted by molar-refractivity contribution is -0.131. The van der Waals surface area contributed by atoms with E-state index < -0.39 is 0 Å². The summed E-state index contributed by atoms with van der Waals surface area (Å²) in [5, 5.41) is 3.49. The van der Waals surface area contributed by atoms with Crippen molar-refractivity contribution in [3.05, 3.63) is 35.9 Å². The maximum absolute atomic E-state index is 12.7. The van der Waals surface area contributed by atoms with E-state index in [-0.39, 0.29) is 24.0 Å². The summed E-state index contributed by atoms with van der Waals surface area (Å²) in [5.41, 5.74) is 1.14. The van der Waals surface area contributed by atoms with Gasteiger partial charge in [-0.2, -0.15) is 0 Å². The summed E-state index contributed by atoms with van der Waals surface area (Å²) in [7, 11) is 1.70. The lowest BCUT2D eigenvalue weighted by atomic mass is 10.0. The third kappa shape index (κ3) is 3.63. The molecule has 4 heteroatoms. The number of benzene rings is 1. The van der Waals surface area contributed by atoms with Gasteiger partial charge in [0.15, 0.2) is 0 Å². The molecule has 1 N–H and O–H groups in total. The van der Waals surface area contributed by atoms with Gasteiger partial charge in [-0.1, -0.05) is 51.1 Å². The molecule has 1 fully saturated rings. The molecule has 1 saturated heterocycles. The third-order valence-corrected chi connectivity index (χ3v) is 3.94. The van der Waals surface area contributed by atoms with Gasteiger partial charge in [-0.3, -0.25) is 10.1 Å². The summed E-state index contributed by atoms with van der Waals surface area (Å²) >= 11 is 0. The Morgan fingerprint density at radius 2 is 1.90 bits per heavy atom. The predicted molar refractivity (Wildman–Crippen MR) is 83.7 cm³/mol. The lowest BCUT2D eigenvalue weighted by Crippen LogP contribution is -2.37. The van der Waals surface area contributed by atoms with Crippen LogP contribution in [0.15, 0.2) is 30.3 Å². The van der Waals surface area contributed by atoms with Crippen LogP contribution in [0, 0.1) is 11.8 Å². The summed E-state index contributed by atoms with van der Waals surface area (Å²) in [5.74, 6) is 0.797. The molecule has 0 bridgehead atoms. The average molecular weight is 290 g/mol. The van der Waals surface area contributed by atoms with E-state index in [2.05, 4.69) is 38.2 Å². The molecule has 0 saturated carbocycles. The van der Waals surface area contributed by atoms with Gasteiger partial charge in [0.25, 0.3) is 0 Å². The molecule has 4 nitrogen and oxygen atoms in total. The standard InChI is InChI=1S/C17H26N2O2/c1-12(2)15-17(20)19(10-13(3)11-21-4)16(18-15)14-8-6-5-7-9-14/h5-9,12-13,15-16,18H,10-11H2,1-4H3. The highest BCUT2D eigenvalue weighted by molar-refractivity contribution is 5.84. The Bertz CT molecular complexity index is 461. The van der Waals surface area contributed by atoms with Crippen molar-refractivity contribution in [2.75, 3.05) is 20.3 Å². The van der Waals surface area contributed by atoms with Crippen LogP contribution in [0.4, 0.5) is 0 Å². The molecule has 0 radical (unpaired) electrons. The quantitative estimate of drug-likeness (QED) is 0.875. The van der Waals surface area contributed by atoms with Gasteiger partial charge in [0.05, 0.1) is 12.6 Å². The first kappa shape index (κ1) is 16.0. The summed E-state index contributed by atoms with van der Waals surface area (Å²) in [6.07, 6.45) is -0.0367. The van der Waals surface area contributed by atoms with Crippen LogP contribution in [-0.2, 0) is 9.53 Å². The number of methoxy groups -OCH3 is 1. The highest BCUT2D eigenvalue weighted by atomic mass is 16.5. The minimum atomic E-state index is -0.107. The Labute approximate surface area is 127 Å². The Morgan fingerprint density at radius 3 is 2.48 bits per heavy atom. The van der Waals surface area contributed by atoms with E-state index in [9.17, 15) is 4.79 Å². The molecule has 1 aliphatic heterocycles. The van der Waals surface area contributed by atoms with Gasteiger partial charge in [0, 0.05) is 13.7 Å². The van der Waals surface area contributed by atoms with E-state index in [1.807, 2.05) is 23.1 Å². The number of nitrogens with zero attached hydrogens (tertiary/aromatic N) is 1. The number of ether oxygens (including phenoxy) is 1. The number of rotatable bonds is 6. The van der Waals surface area contributed by atoms with Gasteiger partial charge in [0.1, 0.15) is 6.17 Å². The van der Waals surface area contributed by atoms with Gasteiger partial charge in [-0.25, -0.2) is 0 Å². The number of hydrogen-bond donors (Lipinski definition) is 1. The van der Waals surface area contributed by atoms with Crippen molar-refractivity contribution in [1.82, 2.24) is 10.2 Å². The Hall–Kier alpha value is -1.39. The highest BCUT2D eigenvalue weighted by Gasteiger charge is 2.41. The molecule has 21 heavy (non-hydrogen) atoms. The van der Waals surface area contributed by atoms with Crippen molar-refractivity contribution in [2.45, 2.75) is 33.0 Å². The Balaban J connectivity index is 2.21. The van der Waals surface area contributed by atoms with E-state index in [1.54, 1.807) is 7.11 Å². The number of nitrogens with one attached hydrogen (secondary N) is 1. The topological polar surface area (TPSA) is 41.6 Å². The van der Waals surface area contributed by atoms with Gasteiger partial charge >= 0.3 is 0 Å². The Kier molecular flexibility index (Phi) is 5.37. The maximum atomic E-state index is 12.7. The van der Waals surface area contributed by atoms with Gasteiger partial charge in [-0.15, -0.1) is 0 Å². The molecule has 1 aromatic rings. The average Bonchev–Trinajstić information content (AvgIpc) is 2.78. The molecule has 3 atom stereocenters. The molecule has 0 aliphatic carbocycles. The minimum Gasteiger partial charge on any atom is -0.384 e. The summed E-state index contributed by atoms with van der Waals surface area (Å²) in [6.45, 7) is 7.65. The van der Waals surface area contributed by atoms with Crippen molar-refractivity contribution < 1.29 is 9.53 Å². The second-order valence-corrected chi connectivity index (χ2v) is 6.25. The van der Waals surface area contributed by atoms with E-state index >= 15 is 0 Å². The summed E-state index contributed by atoms with van der Waals surface area (Å²) in [4.78, 5) is 14.7. The molecule has 116 valence electrons. The van der Waals surface area contributed by atoms with Crippen LogP contribution in [0.25, 0.3) is 0 Å². The molecule has 1 aromatic carbocycles. The van der Waals surface area contributed by atoms with Crippen LogP contribution < -0.4 is 5.32 Å². The number of amides is 1. The summed E-state index contributed by atoms with van der Waals surface area (Å²) in [6, 6.07) is 10.1. The van der Waals surface area contributed by atoms with Crippen molar-refractivity contribution >= 4 is 5.91 Å².